The molecule has 200 valence electrons. The van der Waals surface area contributed by atoms with Gasteiger partial charge in [-0.2, -0.15) is 0 Å². The van der Waals surface area contributed by atoms with Crippen LogP contribution in [0, 0.1) is 5.92 Å². The first-order chi connectivity index (χ1) is 18.0. The molecule has 0 radical (unpaired) electrons. The highest BCUT2D eigenvalue weighted by Gasteiger charge is 2.28. The van der Waals surface area contributed by atoms with Crippen molar-refractivity contribution in [1.82, 2.24) is 20.1 Å². The lowest BCUT2D eigenvalue weighted by atomic mass is 9.89. The van der Waals surface area contributed by atoms with E-state index in [1.54, 1.807) is 6.20 Å². The van der Waals surface area contributed by atoms with Gasteiger partial charge in [-0.05, 0) is 84.4 Å². The van der Waals surface area contributed by atoms with Crippen molar-refractivity contribution in [2.75, 3.05) is 50.7 Å². The van der Waals surface area contributed by atoms with E-state index in [4.69, 9.17) is 16.6 Å². The Morgan fingerprint density at radius 3 is 2.35 bits per heavy atom. The number of piperazine rings is 1. The van der Waals surface area contributed by atoms with E-state index in [9.17, 15) is 4.79 Å². The number of anilines is 1. The number of nitrogens with one attached hydrogen (secondary N) is 1. The van der Waals surface area contributed by atoms with Crippen LogP contribution in [0.4, 0.5) is 5.82 Å². The molecule has 8 heteroatoms. The van der Waals surface area contributed by atoms with Crippen LogP contribution < -0.4 is 10.2 Å². The molecule has 1 aromatic carbocycles. The largest absolute Gasteiger partial charge is 0.353 e. The summed E-state index contributed by atoms with van der Waals surface area (Å²) in [5.41, 5.74) is 1.97. The highest BCUT2D eigenvalue weighted by Crippen LogP contribution is 2.28. The van der Waals surface area contributed by atoms with E-state index in [0.717, 1.165) is 67.7 Å². The number of nitrogens with zero attached hydrogens (tertiary/aromatic N) is 4. The van der Waals surface area contributed by atoms with Crippen molar-refractivity contribution in [2.45, 2.75) is 57.5 Å². The highest BCUT2D eigenvalue weighted by atomic mass is 79.9. The number of hydrogen-bond donors (Lipinski definition) is 1. The molecule has 2 saturated heterocycles. The summed E-state index contributed by atoms with van der Waals surface area (Å²) >= 11 is 9.73. The van der Waals surface area contributed by atoms with Crippen LogP contribution in [0.1, 0.15) is 60.9 Å². The van der Waals surface area contributed by atoms with Gasteiger partial charge in [0.1, 0.15) is 5.82 Å². The van der Waals surface area contributed by atoms with Crippen LogP contribution in [0.25, 0.3) is 0 Å². The molecule has 6 nitrogen and oxygen atoms in total. The summed E-state index contributed by atoms with van der Waals surface area (Å²) in [4.78, 5) is 24.9. The van der Waals surface area contributed by atoms with Gasteiger partial charge in [0.15, 0.2) is 0 Å². The second kappa shape index (κ2) is 12.9. The smallest absolute Gasteiger partial charge is 0.252 e. The minimum atomic E-state index is -0.0162. The highest BCUT2D eigenvalue weighted by molar-refractivity contribution is 9.10. The third-order valence-corrected chi connectivity index (χ3v) is 9.20. The molecule has 2 aliphatic heterocycles. The van der Waals surface area contributed by atoms with Crippen molar-refractivity contribution >= 4 is 39.3 Å². The van der Waals surface area contributed by atoms with Gasteiger partial charge in [-0.1, -0.05) is 43.0 Å². The second-order valence-corrected chi connectivity index (χ2v) is 12.2. The van der Waals surface area contributed by atoms with Gasteiger partial charge in [-0.25, -0.2) is 4.98 Å². The third kappa shape index (κ3) is 7.25. The first-order valence-electron chi connectivity index (χ1n) is 13.9. The zero-order valence-electron chi connectivity index (χ0n) is 21.7. The molecule has 0 atom stereocenters. The minimum absolute atomic E-state index is 0.0162. The Morgan fingerprint density at radius 1 is 0.973 bits per heavy atom. The van der Waals surface area contributed by atoms with Gasteiger partial charge in [-0.3, -0.25) is 14.6 Å². The fraction of sp³-hybridized carbons (Fsp3) is 0.586. The Kier molecular flexibility index (Phi) is 9.40. The first kappa shape index (κ1) is 26.9. The number of carbonyl (C=O) groups is 1. The van der Waals surface area contributed by atoms with Crippen molar-refractivity contribution < 1.29 is 4.79 Å². The van der Waals surface area contributed by atoms with Crippen molar-refractivity contribution in [1.29, 1.82) is 0 Å². The SMILES string of the molecule is O=C(NCC1CCCCC1)c1cnc(N2CCN(C3CCN(Cc4ccc(Cl)cc4)CC3)CC2)c(Br)c1. The quantitative estimate of drug-likeness (QED) is 0.457. The molecule has 2 aromatic rings. The summed E-state index contributed by atoms with van der Waals surface area (Å²) < 4.78 is 0.904. The van der Waals surface area contributed by atoms with Crippen molar-refractivity contribution in [3.05, 3.63) is 57.2 Å². The molecule has 5 rings (SSSR count). The van der Waals surface area contributed by atoms with Crippen molar-refractivity contribution in [3.63, 3.8) is 0 Å². The topological polar surface area (TPSA) is 51.7 Å². The van der Waals surface area contributed by atoms with Gasteiger partial charge < -0.3 is 10.2 Å². The molecule has 1 aliphatic carbocycles. The number of amides is 1. The fourth-order valence-corrected chi connectivity index (χ4v) is 6.83. The van der Waals surface area contributed by atoms with E-state index in [-0.39, 0.29) is 5.91 Å². The summed E-state index contributed by atoms with van der Waals surface area (Å²) in [5.74, 6) is 1.55. The number of piperidine rings is 1. The predicted octanol–water partition coefficient (Wildman–Crippen LogP) is 5.59. The number of pyridine rings is 1. The predicted molar refractivity (Wildman–Crippen MR) is 154 cm³/mol. The van der Waals surface area contributed by atoms with E-state index in [1.165, 1.54) is 50.5 Å². The molecule has 3 fully saturated rings. The number of carbonyl (C=O) groups excluding carboxylic acids is 1. The Balaban J connectivity index is 1.07. The summed E-state index contributed by atoms with van der Waals surface area (Å²) in [7, 11) is 0. The van der Waals surface area contributed by atoms with E-state index >= 15 is 0 Å². The number of halogens is 2. The lowest BCUT2D eigenvalue weighted by molar-refractivity contribution is 0.0943. The third-order valence-electron chi connectivity index (χ3n) is 8.37. The second-order valence-electron chi connectivity index (χ2n) is 10.9. The van der Waals surface area contributed by atoms with Crippen molar-refractivity contribution in [3.8, 4) is 0 Å². The maximum Gasteiger partial charge on any atom is 0.252 e. The Bertz CT molecular complexity index is 1030. The zero-order valence-corrected chi connectivity index (χ0v) is 24.0. The molecule has 0 spiro atoms. The van der Waals surface area contributed by atoms with Gasteiger partial charge in [0.2, 0.25) is 0 Å². The van der Waals surface area contributed by atoms with Gasteiger partial charge >= 0.3 is 0 Å². The molecule has 3 heterocycles. The molecular formula is C29H39BrClN5O. The van der Waals surface area contributed by atoms with E-state index < -0.39 is 0 Å². The number of likely N-dealkylation sites (tertiary alicyclic amines) is 1. The first-order valence-corrected chi connectivity index (χ1v) is 15.1. The summed E-state index contributed by atoms with van der Waals surface area (Å²) in [6.07, 6.45) is 10.6. The molecule has 1 amide bonds. The van der Waals surface area contributed by atoms with Crippen LogP contribution in [0.15, 0.2) is 41.0 Å². The lowest BCUT2D eigenvalue weighted by Crippen LogP contribution is -2.53. The normalized spacial score (nSPS) is 20.8. The molecule has 0 unspecified atom stereocenters. The van der Waals surface area contributed by atoms with Crippen LogP contribution >= 0.6 is 27.5 Å². The zero-order chi connectivity index (χ0) is 25.6. The van der Waals surface area contributed by atoms with Gasteiger partial charge in [0, 0.05) is 56.5 Å². The number of aromatic nitrogens is 1. The maximum absolute atomic E-state index is 12.7. The molecular weight excluding hydrogens is 550 g/mol. The number of rotatable bonds is 7. The lowest BCUT2D eigenvalue weighted by Gasteiger charge is -2.43. The molecule has 37 heavy (non-hydrogen) atoms. The summed E-state index contributed by atoms with van der Waals surface area (Å²) in [6, 6.07) is 10.8. The Hall–Kier alpha value is -1.67. The van der Waals surface area contributed by atoms with Gasteiger partial charge in [0.25, 0.3) is 5.91 Å². The molecule has 0 bridgehead atoms. The average Bonchev–Trinajstić information content (AvgIpc) is 2.94. The standard InChI is InChI=1S/C29H39BrClN5O/c30-27-18-24(29(37)33-19-22-4-2-1-3-5-22)20-32-28(27)36-16-14-35(15-17-36)26-10-12-34(13-11-26)21-23-6-8-25(31)9-7-23/h6-9,18,20,22,26H,1-5,10-17,19,21H2,(H,33,37). The Labute approximate surface area is 234 Å². The van der Waals surface area contributed by atoms with Crippen LogP contribution in [0.3, 0.4) is 0 Å². The van der Waals surface area contributed by atoms with E-state index in [2.05, 4.69) is 48.1 Å². The number of hydrogen-bond acceptors (Lipinski definition) is 5. The molecule has 1 N–H and O–H groups in total. The minimum Gasteiger partial charge on any atom is -0.353 e. The number of benzene rings is 1. The van der Waals surface area contributed by atoms with E-state index in [1.807, 2.05) is 18.2 Å². The molecule has 1 saturated carbocycles. The van der Waals surface area contributed by atoms with Crippen LogP contribution in [-0.2, 0) is 6.54 Å². The van der Waals surface area contributed by atoms with Crippen LogP contribution in [-0.4, -0.2) is 72.5 Å². The van der Waals surface area contributed by atoms with Crippen molar-refractivity contribution in [2.24, 2.45) is 5.92 Å². The molecule has 3 aliphatic rings. The Morgan fingerprint density at radius 2 is 1.68 bits per heavy atom. The summed E-state index contributed by atoms with van der Waals surface area (Å²) in [5, 5.41) is 3.93. The van der Waals surface area contributed by atoms with Gasteiger partial charge in [0.05, 0.1) is 10.0 Å². The van der Waals surface area contributed by atoms with E-state index in [0.29, 0.717) is 17.5 Å². The molecule has 1 aromatic heterocycles. The maximum atomic E-state index is 12.7. The summed E-state index contributed by atoms with van der Waals surface area (Å²) in [6.45, 7) is 8.11. The van der Waals surface area contributed by atoms with Crippen LogP contribution in [0.2, 0.25) is 5.02 Å². The fourth-order valence-electron chi connectivity index (χ4n) is 6.11. The van der Waals surface area contributed by atoms with Crippen LogP contribution in [0.5, 0.6) is 0 Å². The van der Waals surface area contributed by atoms with Gasteiger partial charge in [-0.15, -0.1) is 0 Å². The average molecular weight is 589 g/mol. The monoisotopic (exact) mass is 587 g/mol.